The molecule has 6 nitrogen and oxygen atoms in total. The maximum absolute atomic E-state index is 12.5. The molecule has 0 atom stereocenters. The highest BCUT2D eigenvalue weighted by Crippen LogP contribution is 2.22. The second-order valence-corrected chi connectivity index (χ2v) is 7.89. The van der Waals surface area contributed by atoms with Crippen molar-refractivity contribution in [1.29, 1.82) is 0 Å². The molecule has 2 aromatic carbocycles. The lowest BCUT2D eigenvalue weighted by molar-refractivity contribution is -0.115. The number of anilines is 1. The molecule has 1 saturated heterocycles. The number of hydrogen-bond donors (Lipinski definition) is 1. The van der Waals surface area contributed by atoms with Gasteiger partial charge in [-0.3, -0.25) is 9.69 Å². The van der Waals surface area contributed by atoms with Crippen LogP contribution in [0.2, 0.25) is 0 Å². The lowest BCUT2D eigenvalue weighted by atomic mass is 10.1. The van der Waals surface area contributed by atoms with Crippen molar-refractivity contribution in [3.63, 3.8) is 0 Å². The summed E-state index contributed by atoms with van der Waals surface area (Å²) in [5, 5.41) is 2.96. The zero-order valence-electron chi connectivity index (χ0n) is 17.6. The molecule has 0 radical (unpaired) electrons. The fraction of sp³-hybridized carbons (Fsp3) is 0.333. The smallest absolute Gasteiger partial charge is 0.230 e. The molecule has 1 aromatic heterocycles. The molecule has 6 heteroatoms. The Bertz CT molecular complexity index is 974. The molecule has 1 N–H and O–H groups in total. The van der Waals surface area contributed by atoms with E-state index in [0.717, 1.165) is 44.0 Å². The number of nitrogens with one attached hydrogen (secondary N) is 1. The summed E-state index contributed by atoms with van der Waals surface area (Å²) in [6.07, 6.45) is 0.186. The SMILES string of the molecule is Cc1oc(-c2ccccc2)nc1CC(=O)Nc1ccc(CN2CCN(C)CC2)cc1. The van der Waals surface area contributed by atoms with Crippen LogP contribution in [0, 0.1) is 6.92 Å². The Morgan fingerprint density at radius 1 is 1.03 bits per heavy atom. The van der Waals surface area contributed by atoms with Crippen LogP contribution in [-0.2, 0) is 17.8 Å². The lowest BCUT2D eigenvalue weighted by Crippen LogP contribution is -2.43. The highest BCUT2D eigenvalue weighted by molar-refractivity contribution is 5.92. The lowest BCUT2D eigenvalue weighted by Gasteiger charge is -2.32. The summed E-state index contributed by atoms with van der Waals surface area (Å²) in [4.78, 5) is 21.8. The minimum absolute atomic E-state index is 0.0992. The monoisotopic (exact) mass is 404 g/mol. The summed E-state index contributed by atoms with van der Waals surface area (Å²) in [6, 6.07) is 17.8. The summed E-state index contributed by atoms with van der Waals surface area (Å²) >= 11 is 0. The Balaban J connectivity index is 1.32. The van der Waals surface area contributed by atoms with Gasteiger partial charge in [0, 0.05) is 44.0 Å². The molecule has 1 aliphatic heterocycles. The number of aryl methyl sites for hydroxylation is 1. The highest BCUT2D eigenvalue weighted by atomic mass is 16.4. The Labute approximate surface area is 177 Å². The van der Waals surface area contributed by atoms with Crippen LogP contribution in [0.3, 0.4) is 0 Å². The fourth-order valence-electron chi connectivity index (χ4n) is 3.61. The van der Waals surface area contributed by atoms with Gasteiger partial charge in [0.25, 0.3) is 0 Å². The number of aromatic nitrogens is 1. The van der Waals surface area contributed by atoms with Gasteiger partial charge in [-0.1, -0.05) is 30.3 Å². The normalized spacial score (nSPS) is 15.3. The van der Waals surface area contributed by atoms with E-state index in [4.69, 9.17) is 4.42 Å². The van der Waals surface area contributed by atoms with Gasteiger partial charge in [0.05, 0.1) is 12.1 Å². The van der Waals surface area contributed by atoms with Crippen molar-refractivity contribution in [2.24, 2.45) is 0 Å². The Kier molecular flexibility index (Phi) is 6.26. The molecule has 1 amide bonds. The Hall–Kier alpha value is -2.96. The molecule has 0 unspecified atom stereocenters. The second-order valence-electron chi connectivity index (χ2n) is 7.89. The van der Waals surface area contributed by atoms with Crippen LogP contribution < -0.4 is 5.32 Å². The van der Waals surface area contributed by atoms with Gasteiger partial charge in [0.1, 0.15) is 5.76 Å². The van der Waals surface area contributed by atoms with Crippen LogP contribution in [0.1, 0.15) is 17.0 Å². The number of hydrogen-bond acceptors (Lipinski definition) is 5. The third-order valence-corrected chi connectivity index (χ3v) is 5.48. The predicted molar refractivity (Wildman–Crippen MR) is 118 cm³/mol. The van der Waals surface area contributed by atoms with Gasteiger partial charge in [-0.2, -0.15) is 0 Å². The van der Waals surface area contributed by atoms with Crippen molar-refractivity contribution in [3.8, 4) is 11.5 Å². The molecule has 3 aromatic rings. The zero-order valence-corrected chi connectivity index (χ0v) is 17.6. The first kappa shape index (κ1) is 20.3. The van der Waals surface area contributed by atoms with Gasteiger partial charge in [0.2, 0.25) is 11.8 Å². The van der Waals surface area contributed by atoms with E-state index >= 15 is 0 Å². The average molecular weight is 405 g/mol. The summed E-state index contributed by atoms with van der Waals surface area (Å²) in [5.74, 6) is 1.12. The maximum atomic E-state index is 12.5. The van der Waals surface area contributed by atoms with Crippen molar-refractivity contribution >= 4 is 11.6 Å². The summed E-state index contributed by atoms with van der Waals surface area (Å²) in [7, 11) is 2.16. The predicted octanol–water partition coefficient (Wildman–Crippen LogP) is 3.58. The van der Waals surface area contributed by atoms with E-state index in [1.807, 2.05) is 49.4 Å². The standard InChI is InChI=1S/C24H28N4O2/c1-18-22(26-24(30-18)20-6-4-3-5-7-20)16-23(29)25-21-10-8-19(9-11-21)17-28-14-12-27(2)13-15-28/h3-11H,12-17H2,1-2H3,(H,25,29). The number of nitrogens with zero attached hydrogens (tertiary/aromatic N) is 3. The molecule has 0 bridgehead atoms. The summed E-state index contributed by atoms with van der Waals surface area (Å²) in [6.45, 7) is 7.20. The molecule has 2 heterocycles. The summed E-state index contributed by atoms with van der Waals surface area (Å²) in [5.41, 5.74) is 3.63. The van der Waals surface area contributed by atoms with E-state index < -0.39 is 0 Å². The van der Waals surface area contributed by atoms with Crippen LogP contribution in [-0.4, -0.2) is 53.9 Å². The van der Waals surface area contributed by atoms with Crippen molar-refractivity contribution in [3.05, 3.63) is 71.6 Å². The quantitative estimate of drug-likeness (QED) is 0.680. The highest BCUT2D eigenvalue weighted by Gasteiger charge is 2.16. The van der Waals surface area contributed by atoms with Gasteiger partial charge in [-0.25, -0.2) is 4.98 Å². The maximum Gasteiger partial charge on any atom is 0.230 e. The molecule has 156 valence electrons. The van der Waals surface area contributed by atoms with Gasteiger partial charge in [-0.05, 0) is 43.8 Å². The van der Waals surface area contributed by atoms with Gasteiger partial charge < -0.3 is 14.6 Å². The molecule has 0 spiro atoms. The van der Waals surface area contributed by atoms with E-state index in [2.05, 4.69) is 39.3 Å². The molecule has 1 fully saturated rings. The molecular weight excluding hydrogens is 376 g/mol. The van der Waals surface area contributed by atoms with Crippen LogP contribution in [0.4, 0.5) is 5.69 Å². The average Bonchev–Trinajstić information content (AvgIpc) is 3.12. The van der Waals surface area contributed by atoms with E-state index in [1.165, 1.54) is 5.56 Å². The largest absolute Gasteiger partial charge is 0.441 e. The van der Waals surface area contributed by atoms with Crippen LogP contribution >= 0.6 is 0 Å². The van der Waals surface area contributed by atoms with Gasteiger partial charge in [0.15, 0.2) is 0 Å². The van der Waals surface area contributed by atoms with Crippen LogP contribution in [0.15, 0.2) is 59.0 Å². The van der Waals surface area contributed by atoms with E-state index in [1.54, 1.807) is 0 Å². The minimum atomic E-state index is -0.0992. The number of piperazine rings is 1. The van der Waals surface area contributed by atoms with Gasteiger partial charge in [-0.15, -0.1) is 0 Å². The van der Waals surface area contributed by atoms with Crippen molar-refractivity contribution in [2.75, 3.05) is 38.5 Å². The zero-order chi connectivity index (χ0) is 20.9. The Morgan fingerprint density at radius 2 is 1.73 bits per heavy atom. The fourth-order valence-corrected chi connectivity index (χ4v) is 3.61. The van der Waals surface area contributed by atoms with Gasteiger partial charge >= 0.3 is 0 Å². The van der Waals surface area contributed by atoms with Crippen molar-refractivity contribution < 1.29 is 9.21 Å². The topological polar surface area (TPSA) is 61.6 Å². The Morgan fingerprint density at radius 3 is 2.43 bits per heavy atom. The number of rotatable bonds is 6. The van der Waals surface area contributed by atoms with E-state index in [0.29, 0.717) is 17.3 Å². The molecule has 30 heavy (non-hydrogen) atoms. The number of likely N-dealkylation sites (N-methyl/N-ethyl adjacent to an activating group) is 1. The van der Waals surface area contributed by atoms with Crippen molar-refractivity contribution in [1.82, 2.24) is 14.8 Å². The molecule has 4 rings (SSSR count). The van der Waals surface area contributed by atoms with Crippen LogP contribution in [0.25, 0.3) is 11.5 Å². The van der Waals surface area contributed by atoms with E-state index in [9.17, 15) is 4.79 Å². The molecular formula is C24H28N4O2. The first-order chi connectivity index (χ1) is 14.6. The molecule has 0 saturated carbocycles. The first-order valence-corrected chi connectivity index (χ1v) is 10.4. The number of benzene rings is 2. The summed E-state index contributed by atoms with van der Waals surface area (Å²) < 4.78 is 5.75. The molecule has 1 aliphatic rings. The first-order valence-electron chi connectivity index (χ1n) is 10.4. The number of carbonyl (C=O) groups is 1. The third-order valence-electron chi connectivity index (χ3n) is 5.48. The van der Waals surface area contributed by atoms with E-state index in [-0.39, 0.29) is 12.3 Å². The molecule has 0 aliphatic carbocycles. The van der Waals surface area contributed by atoms with Crippen molar-refractivity contribution in [2.45, 2.75) is 19.9 Å². The number of amides is 1. The minimum Gasteiger partial charge on any atom is -0.441 e. The third kappa shape index (κ3) is 5.14. The number of oxazole rings is 1. The second kappa shape index (κ2) is 9.24. The van der Waals surface area contributed by atoms with Crippen LogP contribution in [0.5, 0.6) is 0 Å². The number of carbonyl (C=O) groups excluding carboxylic acids is 1.